The first-order chi connectivity index (χ1) is 7.85. The van der Waals surface area contributed by atoms with Crippen molar-refractivity contribution in [3.63, 3.8) is 0 Å². The molecule has 0 saturated carbocycles. The van der Waals surface area contributed by atoms with Gasteiger partial charge in [0.15, 0.2) is 0 Å². The van der Waals surface area contributed by atoms with E-state index in [0.717, 1.165) is 3.57 Å². The minimum atomic E-state index is -0.154. The van der Waals surface area contributed by atoms with Crippen molar-refractivity contribution in [1.82, 2.24) is 5.32 Å². The summed E-state index contributed by atoms with van der Waals surface area (Å²) in [5.74, 6) is -0.0128. The van der Waals surface area contributed by atoms with Gasteiger partial charge in [-0.15, -0.1) is 0 Å². The van der Waals surface area contributed by atoms with Gasteiger partial charge in [0.25, 0.3) is 5.91 Å². The highest BCUT2D eigenvalue weighted by molar-refractivity contribution is 14.1. The van der Waals surface area contributed by atoms with Crippen molar-refractivity contribution >= 4 is 40.3 Å². The summed E-state index contributed by atoms with van der Waals surface area (Å²) in [6.45, 7) is 4.74. The number of nitrogens with one attached hydrogen (secondary N) is 1. The van der Waals surface area contributed by atoms with Gasteiger partial charge in [-0.1, -0.05) is 0 Å². The van der Waals surface area contributed by atoms with Crippen LogP contribution in [-0.2, 0) is 0 Å². The van der Waals surface area contributed by atoms with Crippen LogP contribution in [0.4, 0.5) is 0 Å². The highest BCUT2D eigenvalue weighted by atomic mass is 127. The third-order valence-electron chi connectivity index (χ3n) is 2.44. The highest BCUT2D eigenvalue weighted by Crippen LogP contribution is 2.22. The number of carbonyl (C=O) groups excluding carboxylic acids is 1. The van der Waals surface area contributed by atoms with Crippen LogP contribution in [0.1, 0.15) is 24.2 Å². The average Bonchev–Trinajstić information content (AvgIpc) is 2.30. The Labute approximate surface area is 120 Å². The molecule has 0 saturated heterocycles. The molecule has 0 aliphatic carbocycles. The lowest BCUT2D eigenvalue weighted by Gasteiger charge is -2.22. The van der Waals surface area contributed by atoms with Crippen LogP contribution in [0.3, 0.4) is 0 Å². The first-order valence-corrected chi connectivity index (χ1v) is 7.48. The lowest BCUT2D eigenvalue weighted by atomic mass is 10.1. The molecule has 0 fully saturated rings. The van der Waals surface area contributed by atoms with Crippen molar-refractivity contribution in [2.75, 3.05) is 12.8 Å². The van der Waals surface area contributed by atoms with E-state index in [1.807, 2.05) is 28.8 Å². The summed E-state index contributed by atoms with van der Waals surface area (Å²) >= 11 is 3.72. The Morgan fingerprint density at radius 2 is 2.18 bits per heavy atom. The molecule has 2 N–H and O–H groups in total. The number of benzene rings is 1. The van der Waals surface area contributed by atoms with E-state index in [1.165, 1.54) is 6.07 Å². The van der Waals surface area contributed by atoms with Gasteiger partial charge in [-0.2, -0.15) is 11.8 Å². The Hall–Kier alpha value is -0.430. The zero-order chi connectivity index (χ0) is 13.1. The van der Waals surface area contributed by atoms with E-state index in [1.54, 1.807) is 23.9 Å². The van der Waals surface area contributed by atoms with Crippen molar-refractivity contribution in [2.24, 2.45) is 0 Å². The van der Waals surface area contributed by atoms with Gasteiger partial charge in [-0.05, 0) is 60.9 Å². The topological polar surface area (TPSA) is 49.3 Å². The first kappa shape index (κ1) is 14.6. The monoisotopic (exact) mass is 365 g/mol. The van der Waals surface area contributed by atoms with Gasteiger partial charge in [0.1, 0.15) is 5.75 Å². The number of aromatic hydroxyl groups is 1. The zero-order valence-electron chi connectivity index (χ0n) is 10.1. The van der Waals surface area contributed by atoms with Crippen LogP contribution in [0.25, 0.3) is 0 Å². The molecule has 17 heavy (non-hydrogen) atoms. The van der Waals surface area contributed by atoms with E-state index in [0.29, 0.717) is 12.1 Å². The minimum Gasteiger partial charge on any atom is -0.507 e. The van der Waals surface area contributed by atoms with Crippen molar-refractivity contribution in [3.05, 3.63) is 27.3 Å². The fourth-order valence-corrected chi connectivity index (χ4v) is 1.67. The molecule has 94 valence electrons. The number of thioether (sulfide) groups is 1. The number of hydrogen-bond donors (Lipinski definition) is 2. The van der Waals surface area contributed by atoms with Gasteiger partial charge in [-0.25, -0.2) is 0 Å². The molecule has 0 aliphatic rings. The molecule has 1 amide bonds. The molecule has 0 spiro atoms. The van der Waals surface area contributed by atoms with Crippen LogP contribution in [0.5, 0.6) is 5.75 Å². The van der Waals surface area contributed by atoms with Gasteiger partial charge in [0.05, 0.1) is 3.57 Å². The molecular formula is C12H16INO2S. The molecular weight excluding hydrogens is 349 g/mol. The maximum Gasteiger partial charge on any atom is 0.251 e. The van der Waals surface area contributed by atoms with E-state index in [2.05, 4.69) is 19.2 Å². The van der Waals surface area contributed by atoms with Gasteiger partial charge >= 0.3 is 0 Å². The van der Waals surface area contributed by atoms with Crippen molar-refractivity contribution in [1.29, 1.82) is 0 Å². The maximum atomic E-state index is 11.8. The molecule has 0 atom stereocenters. The molecule has 1 aromatic carbocycles. The summed E-state index contributed by atoms with van der Waals surface area (Å²) in [6.07, 6.45) is 2.02. The Morgan fingerprint density at radius 3 is 2.71 bits per heavy atom. The average molecular weight is 365 g/mol. The molecule has 0 unspecified atom stereocenters. The predicted molar refractivity (Wildman–Crippen MR) is 80.8 cm³/mol. The summed E-state index contributed by atoms with van der Waals surface area (Å²) in [5.41, 5.74) is 0.486. The molecule has 3 nitrogen and oxygen atoms in total. The molecule has 0 heterocycles. The minimum absolute atomic E-state index is 0.0148. The molecule has 5 heteroatoms. The number of amides is 1. The Balaban J connectivity index is 2.68. The second-order valence-electron chi connectivity index (χ2n) is 4.31. The largest absolute Gasteiger partial charge is 0.507 e. The van der Waals surface area contributed by atoms with Crippen LogP contribution in [0, 0.1) is 3.57 Å². The first-order valence-electron chi connectivity index (χ1n) is 5.17. The van der Waals surface area contributed by atoms with E-state index >= 15 is 0 Å². The van der Waals surface area contributed by atoms with Crippen LogP contribution in [0.2, 0.25) is 0 Å². The second kappa shape index (κ2) is 5.95. The van der Waals surface area contributed by atoms with Gasteiger partial charge in [0.2, 0.25) is 0 Å². The summed E-state index contributed by atoms with van der Waals surface area (Å²) < 4.78 is 0.754. The van der Waals surface area contributed by atoms with Gasteiger partial charge in [-0.3, -0.25) is 4.79 Å². The number of phenolic OH excluding ortho intramolecular Hbond substituents is 1. The summed E-state index contributed by atoms with van der Waals surface area (Å²) in [4.78, 5) is 11.8. The van der Waals surface area contributed by atoms with Crippen LogP contribution in [0.15, 0.2) is 18.2 Å². The number of halogens is 1. The SMILES string of the molecule is CSC(C)(C)CNC(=O)c1ccc(I)c(O)c1. The van der Waals surface area contributed by atoms with Crippen LogP contribution in [-0.4, -0.2) is 28.6 Å². The number of carbonyl (C=O) groups is 1. The van der Waals surface area contributed by atoms with E-state index in [9.17, 15) is 9.90 Å². The summed E-state index contributed by atoms with van der Waals surface area (Å²) in [5, 5.41) is 12.4. The number of rotatable bonds is 4. The van der Waals surface area contributed by atoms with Crippen molar-refractivity contribution in [2.45, 2.75) is 18.6 Å². The third kappa shape index (κ3) is 4.39. The standard InChI is InChI=1S/C12H16INO2S/c1-12(2,17-3)7-14-11(16)8-4-5-9(13)10(15)6-8/h4-6,15H,7H2,1-3H3,(H,14,16). The molecule has 0 bridgehead atoms. The van der Waals surface area contributed by atoms with Gasteiger partial charge in [0, 0.05) is 16.9 Å². The summed E-state index contributed by atoms with van der Waals surface area (Å²) in [7, 11) is 0. The third-order valence-corrected chi connectivity index (χ3v) is 4.60. The summed E-state index contributed by atoms with van der Waals surface area (Å²) in [6, 6.07) is 4.93. The zero-order valence-corrected chi connectivity index (χ0v) is 13.1. The Morgan fingerprint density at radius 1 is 1.53 bits per heavy atom. The lowest BCUT2D eigenvalue weighted by molar-refractivity contribution is 0.0950. The van der Waals surface area contributed by atoms with E-state index in [4.69, 9.17) is 0 Å². The fourth-order valence-electron chi connectivity index (χ4n) is 1.12. The van der Waals surface area contributed by atoms with Crippen molar-refractivity contribution < 1.29 is 9.90 Å². The van der Waals surface area contributed by atoms with E-state index < -0.39 is 0 Å². The highest BCUT2D eigenvalue weighted by Gasteiger charge is 2.17. The number of phenols is 1. The maximum absolute atomic E-state index is 11.8. The molecule has 0 aromatic heterocycles. The van der Waals surface area contributed by atoms with Crippen LogP contribution >= 0.6 is 34.4 Å². The number of hydrogen-bond acceptors (Lipinski definition) is 3. The lowest BCUT2D eigenvalue weighted by Crippen LogP contribution is -2.36. The Bertz CT molecular complexity index is 421. The van der Waals surface area contributed by atoms with Crippen molar-refractivity contribution in [3.8, 4) is 5.75 Å². The Kier molecular flexibility index (Phi) is 5.12. The van der Waals surface area contributed by atoms with E-state index in [-0.39, 0.29) is 16.4 Å². The fraction of sp³-hybridized carbons (Fsp3) is 0.417. The smallest absolute Gasteiger partial charge is 0.251 e. The molecule has 0 aliphatic heterocycles. The normalized spacial score (nSPS) is 11.3. The predicted octanol–water partition coefficient (Wildman–Crippen LogP) is 2.87. The molecule has 0 radical (unpaired) electrons. The van der Waals surface area contributed by atoms with Gasteiger partial charge < -0.3 is 10.4 Å². The second-order valence-corrected chi connectivity index (χ2v) is 6.99. The van der Waals surface area contributed by atoms with Crippen LogP contribution < -0.4 is 5.32 Å². The molecule has 1 rings (SSSR count). The molecule has 1 aromatic rings. The quantitative estimate of drug-likeness (QED) is 0.807.